The van der Waals surface area contributed by atoms with E-state index in [0.717, 1.165) is 38.4 Å². The fourth-order valence-electron chi connectivity index (χ4n) is 3.10. The molecule has 1 aliphatic rings. The molecular weight excluding hydrogens is 334 g/mol. The van der Waals surface area contributed by atoms with Crippen LogP contribution in [0.2, 0.25) is 0 Å². The van der Waals surface area contributed by atoms with E-state index in [1.807, 2.05) is 24.3 Å². The predicted molar refractivity (Wildman–Crippen MR) is 103 cm³/mol. The molecule has 0 amide bonds. The van der Waals surface area contributed by atoms with Crippen molar-refractivity contribution < 1.29 is 8.42 Å². The van der Waals surface area contributed by atoms with Crippen molar-refractivity contribution in [3.05, 3.63) is 54.6 Å². The van der Waals surface area contributed by atoms with Gasteiger partial charge in [0.25, 0.3) is 10.0 Å². The van der Waals surface area contributed by atoms with Crippen LogP contribution < -0.4 is 9.62 Å². The lowest BCUT2D eigenvalue weighted by molar-refractivity contribution is 0.258. The molecule has 1 N–H and O–H groups in total. The molecule has 0 unspecified atom stereocenters. The molecule has 2 aromatic carbocycles. The number of nitrogens with one attached hydrogen (secondary N) is 1. The smallest absolute Gasteiger partial charge is 0.261 e. The van der Waals surface area contributed by atoms with Crippen LogP contribution >= 0.6 is 0 Å². The number of rotatable bonds is 6. The number of benzene rings is 2. The summed E-state index contributed by atoms with van der Waals surface area (Å²) in [5, 5.41) is 0. The highest BCUT2D eigenvalue weighted by Gasteiger charge is 2.17. The molecule has 0 bridgehead atoms. The van der Waals surface area contributed by atoms with Gasteiger partial charge in [0.05, 0.1) is 4.90 Å². The van der Waals surface area contributed by atoms with Gasteiger partial charge < -0.3 is 4.90 Å². The Labute approximate surface area is 150 Å². The molecule has 25 heavy (non-hydrogen) atoms. The van der Waals surface area contributed by atoms with E-state index in [9.17, 15) is 8.42 Å². The fraction of sp³-hybridized carbons (Fsp3) is 0.368. The van der Waals surface area contributed by atoms with Gasteiger partial charge in [0, 0.05) is 37.6 Å². The van der Waals surface area contributed by atoms with Crippen LogP contribution in [0.4, 0.5) is 11.4 Å². The zero-order valence-corrected chi connectivity index (χ0v) is 15.4. The van der Waals surface area contributed by atoms with Gasteiger partial charge in [0.15, 0.2) is 0 Å². The van der Waals surface area contributed by atoms with E-state index in [1.165, 1.54) is 6.42 Å². The summed E-state index contributed by atoms with van der Waals surface area (Å²) in [5.74, 6) is 0. The minimum absolute atomic E-state index is 0.270. The Morgan fingerprint density at radius 2 is 1.56 bits per heavy atom. The molecule has 0 aliphatic carbocycles. The van der Waals surface area contributed by atoms with Crippen molar-refractivity contribution in [1.29, 1.82) is 0 Å². The quantitative estimate of drug-likeness (QED) is 0.861. The second kappa shape index (κ2) is 7.89. The summed E-state index contributed by atoms with van der Waals surface area (Å²) in [4.78, 5) is 5.10. The lowest BCUT2D eigenvalue weighted by Gasteiger charge is -2.36. The minimum Gasteiger partial charge on any atom is -0.369 e. The summed E-state index contributed by atoms with van der Waals surface area (Å²) < 4.78 is 27.4. The molecule has 6 heteroatoms. The predicted octanol–water partition coefficient (Wildman–Crippen LogP) is 3.02. The van der Waals surface area contributed by atoms with Gasteiger partial charge in [0.2, 0.25) is 0 Å². The van der Waals surface area contributed by atoms with Crippen molar-refractivity contribution in [3.8, 4) is 0 Å². The molecule has 0 atom stereocenters. The van der Waals surface area contributed by atoms with E-state index in [1.54, 1.807) is 30.3 Å². The highest BCUT2D eigenvalue weighted by atomic mass is 32.2. The Hall–Kier alpha value is -2.05. The maximum Gasteiger partial charge on any atom is 0.261 e. The number of hydrogen-bond donors (Lipinski definition) is 1. The lowest BCUT2D eigenvalue weighted by atomic mass is 10.2. The van der Waals surface area contributed by atoms with Gasteiger partial charge >= 0.3 is 0 Å². The Morgan fingerprint density at radius 3 is 2.16 bits per heavy atom. The van der Waals surface area contributed by atoms with Gasteiger partial charge in [-0.3, -0.25) is 9.62 Å². The average Bonchev–Trinajstić information content (AvgIpc) is 2.64. The third-order valence-corrected chi connectivity index (χ3v) is 5.85. The largest absolute Gasteiger partial charge is 0.369 e. The Morgan fingerprint density at radius 1 is 0.920 bits per heavy atom. The molecule has 1 fully saturated rings. The third kappa shape index (κ3) is 4.52. The first-order valence-corrected chi connectivity index (χ1v) is 10.2. The first kappa shape index (κ1) is 17.8. The summed E-state index contributed by atoms with van der Waals surface area (Å²) in [5.41, 5.74) is 1.72. The third-order valence-electron chi connectivity index (χ3n) is 4.45. The van der Waals surface area contributed by atoms with Gasteiger partial charge in [-0.15, -0.1) is 0 Å². The Kier molecular flexibility index (Phi) is 5.60. The van der Waals surface area contributed by atoms with Crippen molar-refractivity contribution >= 4 is 21.4 Å². The summed E-state index contributed by atoms with van der Waals surface area (Å²) >= 11 is 0. The van der Waals surface area contributed by atoms with Crippen molar-refractivity contribution in [2.24, 2.45) is 0 Å². The first-order valence-electron chi connectivity index (χ1n) is 8.74. The zero-order chi connectivity index (χ0) is 17.7. The van der Waals surface area contributed by atoms with E-state index >= 15 is 0 Å². The second-order valence-electron chi connectivity index (χ2n) is 6.29. The summed E-state index contributed by atoms with van der Waals surface area (Å²) in [7, 11) is -3.53. The monoisotopic (exact) mass is 359 g/mol. The van der Waals surface area contributed by atoms with E-state index in [2.05, 4.69) is 21.4 Å². The van der Waals surface area contributed by atoms with Crippen LogP contribution in [0.15, 0.2) is 59.5 Å². The standard InChI is InChI=1S/C19H25N3O2S/c1-2-12-21-13-15-22(16-14-21)18-10-8-17(9-11-18)20-25(23,24)19-6-4-3-5-7-19/h3-11,20H,2,12-16H2,1H3. The molecule has 0 saturated carbocycles. The highest BCUT2D eigenvalue weighted by Crippen LogP contribution is 2.21. The topological polar surface area (TPSA) is 52.6 Å². The first-order chi connectivity index (χ1) is 12.1. The Balaban J connectivity index is 1.63. The molecule has 134 valence electrons. The Bertz CT molecular complexity index is 768. The SMILES string of the molecule is CCCN1CCN(c2ccc(NS(=O)(=O)c3ccccc3)cc2)CC1. The van der Waals surface area contributed by atoms with Gasteiger partial charge in [-0.2, -0.15) is 0 Å². The van der Waals surface area contributed by atoms with Crippen molar-refractivity contribution in [2.75, 3.05) is 42.3 Å². The molecule has 2 aromatic rings. The van der Waals surface area contributed by atoms with Crippen LogP contribution in [0.25, 0.3) is 0 Å². The normalized spacial score (nSPS) is 16.0. The number of sulfonamides is 1. The van der Waals surface area contributed by atoms with Crippen LogP contribution in [0.1, 0.15) is 13.3 Å². The number of piperazine rings is 1. The molecule has 1 heterocycles. The number of nitrogens with zero attached hydrogens (tertiary/aromatic N) is 2. The van der Waals surface area contributed by atoms with Crippen LogP contribution in [0.5, 0.6) is 0 Å². The fourth-order valence-corrected chi connectivity index (χ4v) is 4.18. The van der Waals surface area contributed by atoms with Gasteiger partial charge in [0.1, 0.15) is 0 Å². The molecule has 1 aliphatic heterocycles. The second-order valence-corrected chi connectivity index (χ2v) is 7.98. The molecule has 5 nitrogen and oxygen atoms in total. The van der Waals surface area contributed by atoms with Crippen LogP contribution in [-0.4, -0.2) is 46.0 Å². The van der Waals surface area contributed by atoms with Crippen molar-refractivity contribution in [2.45, 2.75) is 18.2 Å². The summed E-state index contributed by atoms with van der Waals surface area (Å²) in [6.07, 6.45) is 1.19. The van der Waals surface area contributed by atoms with Gasteiger partial charge in [-0.25, -0.2) is 8.42 Å². The van der Waals surface area contributed by atoms with Crippen LogP contribution in [-0.2, 0) is 10.0 Å². The molecule has 3 rings (SSSR count). The highest BCUT2D eigenvalue weighted by molar-refractivity contribution is 7.92. The van der Waals surface area contributed by atoms with E-state index in [4.69, 9.17) is 0 Å². The van der Waals surface area contributed by atoms with Crippen molar-refractivity contribution in [1.82, 2.24) is 4.90 Å². The summed E-state index contributed by atoms with van der Waals surface area (Å²) in [6.45, 7) is 7.55. The van der Waals surface area contributed by atoms with E-state index < -0.39 is 10.0 Å². The molecule has 0 radical (unpaired) electrons. The van der Waals surface area contributed by atoms with Gasteiger partial charge in [-0.05, 0) is 49.4 Å². The van der Waals surface area contributed by atoms with Crippen LogP contribution in [0, 0.1) is 0 Å². The molecule has 0 spiro atoms. The number of anilines is 2. The van der Waals surface area contributed by atoms with Crippen LogP contribution in [0.3, 0.4) is 0 Å². The zero-order valence-electron chi connectivity index (χ0n) is 14.6. The van der Waals surface area contributed by atoms with Gasteiger partial charge in [-0.1, -0.05) is 25.1 Å². The number of hydrogen-bond acceptors (Lipinski definition) is 4. The van der Waals surface area contributed by atoms with E-state index in [-0.39, 0.29) is 4.90 Å². The maximum atomic E-state index is 12.4. The van der Waals surface area contributed by atoms with E-state index in [0.29, 0.717) is 5.69 Å². The lowest BCUT2D eigenvalue weighted by Crippen LogP contribution is -2.46. The molecule has 1 saturated heterocycles. The molecular formula is C19H25N3O2S. The minimum atomic E-state index is -3.53. The summed E-state index contributed by atoms with van der Waals surface area (Å²) in [6, 6.07) is 16.0. The van der Waals surface area contributed by atoms with Crippen molar-refractivity contribution in [3.63, 3.8) is 0 Å². The maximum absolute atomic E-state index is 12.4. The molecule has 0 aromatic heterocycles. The average molecular weight is 359 g/mol.